The van der Waals surface area contributed by atoms with E-state index in [0.717, 1.165) is 6.92 Å². The fourth-order valence-electron chi connectivity index (χ4n) is 10.2. The molecule has 21 heteroatoms. The number of Topliss-reactive ketones (excluding diaryl/α,β-unsaturated/α-hetero) is 1. The molecule has 1 aromatic rings. The minimum Gasteiger partial charge on any atom is -0.455 e. The van der Waals surface area contributed by atoms with E-state index in [0.29, 0.717) is 12.8 Å². The molecule has 1 saturated heterocycles. The summed E-state index contributed by atoms with van der Waals surface area (Å²) in [6.07, 6.45) is -10.8. The zero-order valence-corrected chi connectivity index (χ0v) is 38.7. The number of fused-ring (bicyclic) bond motifs is 5. The molecule has 0 aromatic heterocycles. The Morgan fingerprint density at radius 3 is 2.18 bits per heavy atom. The minimum absolute atomic E-state index is 0.0170. The molecule has 12 atom stereocenters. The molecule has 67 heavy (non-hydrogen) atoms. The van der Waals surface area contributed by atoms with Gasteiger partial charge in [0.15, 0.2) is 12.4 Å². The second-order valence-corrected chi connectivity index (χ2v) is 19.9. The first-order valence-electron chi connectivity index (χ1n) is 22.1. The van der Waals surface area contributed by atoms with Gasteiger partial charge in [0.1, 0.15) is 29.5 Å². The molecule has 4 aliphatic carbocycles. The highest BCUT2D eigenvalue weighted by atomic mass is 16.7. The fourth-order valence-corrected chi connectivity index (χ4v) is 10.2. The maximum atomic E-state index is 15.1. The van der Waals surface area contributed by atoms with Gasteiger partial charge in [-0.3, -0.25) is 19.2 Å². The van der Waals surface area contributed by atoms with Crippen LogP contribution in [-0.2, 0) is 61.9 Å². The maximum absolute atomic E-state index is 15.1. The number of aliphatic hydroxyl groups excluding tert-OH is 2. The molecule has 2 bridgehead atoms. The number of esters is 5. The van der Waals surface area contributed by atoms with Crippen LogP contribution in [-0.4, -0.2) is 136 Å². The van der Waals surface area contributed by atoms with Crippen molar-refractivity contribution >= 4 is 47.6 Å². The van der Waals surface area contributed by atoms with E-state index in [4.69, 9.17) is 44.6 Å². The molecule has 3 saturated carbocycles. The minimum atomic E-state index is -2.49. The molecule has 21 nitrogen and oxygen atoms in total. The van der Waals surface area contributed by atoms with Crippen molar-refractivity contribution in [1.82, 2.24) is 5.32 Å². The number of ether oxygens (including phenoxy) is 7. The predicted octanol–water partition coefficient (Wildman–Crippen LogP) is 0.799. The number of carbonyl (C=O) groups is 8. The third-order valence-electron chi connectivity index (χ3n) is 13.9. The summed E-state index contributed by atoms with van der Waals surface area (Å²) in [6.45, 7) is 10.5. The Kier molecular flexibility index (Phi) is 14.1. The third kappa shape index (κ3) is 9.65. The summed E-state index contributed by atoms with van der Waals surface area (Å²) in [5.41, 5.74) is 3.19. The highest BCUT2D eigenvalue weighted by Gasteiger charge is 2.78. The topological polar surface area (TPSA) is 326 Å². The molecule has 4 fully saturated rings. The molecule has 8 N–H and O–H groups in total. The van der Waals surface area contributed by atoms with Gasteiger partial charge in [0, 0.05) is 18.8 Å². The number of amides is 2. The van der Waals surface area contributed by atoms with Gasteiger partial charge >= 0.3 is 35.9 Å². The van der Waals surface area contributed by atoms with Crippen LogP contribution in [0.25, 0.3) is 0 Å². The van der Waals surface area contributed by atoms with E-state index in [-0.39, 0.29) is 29.7 Å². The van der Waals surface area contributed by atoms with Gasteiger partial charge in [0.2, 0.25) is 17.8 Å². The summed E-state index contributed by atoms with van der Waals surface area (Å²) in [7, 11) is 0. The SMILES string of the molecule is CC(=O)O[C@@]12OC[C@@H]1C[C@H](O)[C@@]1(C)C(=O)[C@H](O)C3=C(C)[C@@H](OC(=O)[C@H](OC(=O)COC(=O)C[C@H](N)C(N)=O)[C@@H](NC(=O)OC(C)(C)C)C4CC4)C[C@@](O)([C@@H](OC(=O)c4ccccc4)[C@H]21)C3(C)C. The molecule has 1 aromatic carbocycles. The normalized spacial score (nSPS) is 32.1. The molecular weight excluding hydrogens is 883 g/mol. The smallest absolute Gasteiger partial charge is 0.408 e. The molecular formula is C46H61N3O18. The zero-order valence-electron chi connectivity index (χ0n) is 38.7. The van der Waals surface area contributed by atoms with Crippen LogP contribution >= 0.6 is 0 Å². The van der Waals surface area contributed by atoms with E-state index in [1.807, 2.05) is 0 Å². The van der Waals surface area contributed by atoms with Gasteiger partial charge in [-0.2, -0.15) is 0 Å². The van der Waals surface area contributed by atoms with Crippen molar-refractivity contribution in [3.05, 3.63) is 47.0 Å². The average Bonchev–Trinajstić information content (AvgIpc) is 4.08. The molecule has 1 heterocycles. The average molecular weight is 944 g/mol. The van der Waals surface area contributed by atoms with E-state index in [9.17, 15) is 48.9 Å². The predicted molar refractivity (Wildman–Crippen MR) is 227 cm³/mol. The van der Waals surface area contributed by atoms with E-state index >= 15 is 4.79 Å². The molecule has 2 amide bonds. The Hall–Kier alpha value is -5.48. The van der Waals surface area contributed by atoms with E-state index in [2.05, 4.69) is 5.32 Å². The molecule has 0 spiro atoms. The number of hydrogen-bond donors (Lipinski definition) is 6. The molecule has 1 aliphatic heterocycles. The van der Waals surface area contributed by atoms with Gasteiger partial charge in [-0.25, -0.2) is 19.2 Å². The zero-order chi connectivity index (χ0) is 49.8. The third-order valence-corrected chi connectivity index (χ3v) is 13.9. The van der Waals surface area contributed by atoms with Crippen molar-refractivity contribution in [2.75, 3.05) is 13.2 Å². The first kappa shape index (κ1) is 50.9. The summed E-state index contributed by atoms with van der Waals surface area (Å²) in [6, 6.07) is 4.92. The largest absolute Gasteiger partial charge is 0.455 e. The highest BCUT2D eigenvalue weighted by Crippen LogP contribution is 2.65. The number of benzene rings is 1. The number of nitrogens with one attached hydrogen (secondary N) is 1. The lowest BCUT2D eigenvalue weighted by molar-refractivity contribution is -0.410. The monoisotopic (exact) mass is 943 g/mol. The summed E-state index contributed by atoms with van der Waals surface area (Å²) >= 11 is 0. The number of nitrogens with two attached hydrogens (primary N) is 2. The van der Waals surface area contributed by atoms with Gasteiger partial charge in [-0.15, -0.1) is 0 Å². The number of ketones is 1. The lowest BCUT2D eigenvalue weighted by Crippen LogP contribution is -2.80. The van der Waals surface area contributed by atoms with Crippen LogP contribution in [0.5, 0.6) is 0 Å². The molecule has 5 aliphatic rings. The quantitative estimate of drug-likeness (QED) is 0.0853. The molecule has 6 rings (SSSR count). The lowest BCUT2D eigenvalue weighted by Gasteiger charge is -2.67. The Morgan fingerprint density at radius 2 is 1.63 bits per heavy atom. The molecule has 0 unspecified atom stereocenters. The second kappa shape index (κ2) is 18.5. The van der Waals surface area contributed by atoms with Crippen LogP contribution in [0, 0.1) is 28.6 Å². The van der Waals surface area contributed by atoms with Crippen LogP contribution in [0.2, 0.25) is 0 Å². The molecule has 368 valence electrons. The van der Waals surface area contributed by atoms with Crippen LogP contribution in [0.15, 0.2) is 41.5 Å². The Bertz CT molecular complexity index is 2200. The van der Waals surface area contributed by atoms with Gasteiger partial charge in [-0.05, 0) is 83.1 Å². The van der Waals surface area contributed by atoms with E-state index in [1.54, 1.807) is 39.0 Å². The van der Waals surface area contributed by atoms with Gasteiger partial charge in [0.05, 0.1) is 54.0 Å². The number of alkyl carbamates (subject to hydrolysis) is 1. The van der Waals surface area contributed by atoms with Crippen molar-refractivity contribution in [3.63, 3.8) is 0 Å². The summed E-state index contributed by atoms with van der Waals surface area (Å²) < 4.78 is 40.4. The highest BCUT2D eigenvalue weighted by molar-refractivity contribution is 5.94. The Morgan fingerprint density at radius 1 is 0.985 bits per heavy atom. The van der Waals surface area contributed by atoms with Crippen molar-refractivity contribution in [1.29, 1.82) is 0 Å². The van der Waals surface area contributed by atoms with Crippen molar-refractivity contribution in [2.45, 2.75) is 147 Å². The summed E-state index contributed by atoms with van der Waals surface area (Å²) in [5.74, 6) is -12.6. The van der Waals surface area contributed by atoms with E-state index in [1.165, 1.54) is 39.8 Å². The first-order chi connectivity index (χ1) is 31.1. The first-order valence-corrected chi connectivity index (χ1v) is 22.1. The van der Waals surface area contributed by atoms with Gasteiger partial charge in [0.25, 0.3) is 0 Å². The van der Waals surface area contributed by atoms with Gasteiger partial charge in [-0.1, -0.05) is 32.0 Å². The van der Waals surface area contributed by atoms with Crippen LogP contribution in [0.3, 0.4) is 0 Å². The summed E-state index contributed by atoms with van der Waals surface area (Å²) in [5, 5.41) is 40.4. The second-order valence-electron chi connectivity index (χ2n) is 19.9. The lowest BCUT2D eigenvalue weighted by atomic mass is 9.45. The standard InChI is InChI=1S/C46H61N3O18/c1-21-27(63-40(58)34(32(23-14-15-23)49-41(59)67-42(3,4)5)64-30(53)20-61-29(52)17-26(47)38(48)56)18-45(60)37(65-39(57)24-12-10-9-11-13-24)35-44(8,36(55)33(54)31(21)43(45,6)7)28(51)16-25-19-62-46(25,35)66-22(2)50/h9-13,23,25-28,32-35,37,51,54,60H,14-20,47H2,1-8H3,(H2,48,56)(H,49,59)/t25-,26-,27-,28-,32-,33+,34+,35-,37-,44+,45+,46-/m0/s1. The van der Waals surface area contributed by atoms with Gasteiger partial charge < -0.3 is 65.3 Å². The van der Waals surface area contributed by atoms with Crippen LogP contribution in [0.4, 0.5) is 4.79 Å². The molecule has 0 radical (unpaired) electrons. The Balaban J connectivity index is 1.45. The fraction of sp³-hybridized carbons (Fsp3) is 0.652. The number of hydrogen-bond acceptors (Lipinski definition) is 19. The Labute approximate surface area is 386 Å². The van der Waals surface area contributed by atoms with Crippen molar-refractivity contribution in [3.8, 4) is 0 Å². The van der Waals surface area contributed by atoms with Crippen molar-refractivity contribution in [2.24, 2.45) is 40.1 Å². The maximum Gasteiger partial charge on any atom is 0.408 e. The van der Waals surface area contributed by atoms with Crippen molar-refractivity contribution < 1.29 is 86.8 Å². The number of rotatable bonds is 14. The summed E-state index contributed by atoms with van der Waals surface area (Å²) in [4.78, 5) is 107. The van der Waals surface area contributed by atoms with E-state index < -0.39 is 155 Å². The van der Waals surface area contributed by atoms with Crippen LogP contribution < -0.4 is 16.8 Å². The number of carbonyl (C=O) groups excluding carboxylic acids is 8. The van der Waals surface area contributed by atoms with Crippen LogP contribution in [0.1, 0.15) is 97.9 Å². The number of aliphatic hydroxyl groups is 3. The number of primary amides is 1.